The second-order valence-corrected chi connectivity index (χ2v) is 6.02. The number of nitrogens with one attached hydrogen (secondary N) is 1. The number of ether oxygens (including phenoxy) is 2. The summed E-state index contributed by atoms with van der Waals surface area (Å²) in [6.07, 6.45) is 1.09. The van der Waals surface area contributed by atoms with Gasteiger partial charge in [0.05, 0.1) is 25.9 Å². The van der Waals surface area contributed by atoms with Gasteiger partial charge in [0.1, 0.15) is 0 Å². The van der Waals surface area contributed by atoms with E-state index in [-0.39, 0.29) is 12.0 Å². The van der Waals surface area contributed by atoms with Gasteiger partial charge in [-0.3, -0.25) is 9.69 Å². The maximum Gasteiger partial charge on any atom is 0.216 e. The summed E-state index contributed by atoms with van der Waals surface area (Å²) < 4.78 is 11.3. The van der Waals surface area contributed by atoms with E-state index in [0.717, 1.165) is 45.9 Å². The van der Waals surface area contributed by atoms with Crippen LogP contribution in [0.2, 0.25) is 0 Å². The highest BCUT2D eigenvalue weighted by Crippen LogP contribution is 2.22. The first kappa shape index (κ1) is 15.5. The van der Waals surface area contributed by atoms with Gasteiger partial charge in [-0.1, -0.05) is 18.2 Å². The second kappa shape index (κ2) is 7.22. The lowest BCUT2D eigenvalue weighted by molar-refractivity contribution is -0.120. The number of nitrogens with zero attached hydrogens (tertiary/aromatic N) is 1. The summed E-state index contributed by atoms with van der Waals surface area (Å²) in [4.78, 5) is 13.4. The lowest BCUT2D eigenvalue weighted by Crippen LogP contribution is -2.47. The first-order valence-corrected chi connectivity index (χ1v) is 7.98. The lowest BCUT2D eigenvalue weighted by Gasteiger charge is -2.34. The smallest absolute Gasteiger partial charge is 0.216 e. The van der Waals surface area contributed by atoms with Gasteiger partial charge >= 0.3 is 0 Å². The molecule has 0 spiro atoms. The molecule has 2 aliphatic heterocycles. The Labute approximate surface area is 131 Å². The predicted octanol–water partition coefficient (Wildman–Crippen LogP) is 1.10. The molecule has 0 aromatic heterocycles. The van der Waals surface area contributed by atoms with Crippen LogP contribution in [-0.4, -0.2) is 49.8 Å². The van der Waals surface area contributed by atoms with Crippen LogP contribution in [0.5, 0.6) is 0 Å². The monoisotopic (exact) mass is 304 g/mol. The molecule has 2 heterocycles. The van der Waals surface area contributed by atoms with Gasteiger partial charge in [0.15, 0.2) is 0 Å². The first-order chi connectivity index (χ1) is 10.7. The Balaban J connectivity index is 1.62. The molecule has 0 bridgehead atoms. The van der Waals surface area contributed by atoms with Gasteiger partial charge in [-0.2, -0.15) is 0 Å². The van der Waals surface area contributed by atoms with Crippen LogP contribution in [0.4, 0.5) is 0 Å². The molecule has 1 amide bonds. The highest BCUT2D eigenvalue weighted by Gasteiger charge is 2.22. The Morgan fingerprint density at radius 2 is 2.32 bits per heavy atom. The second-order valence-electron chi connectivity index (χ2n) is 6.02. The van der Waals surface area contributed by atoms with E-state index in [1.165, 1.54) is 16.7 Å². The SMILES string of the molecule is CC(=O)NCC1CN(Cc2cccc3c2CCOC3)CCO1. The van der Waals surface area contributed by atoms with Crippen molar-refractivity contribution in [3.63, 3.8) is 0 Å². The first-order valence-electron chi connectivity index (χ1n) is 7.98. The molecular weight excluding hydrogens is 280 g/mol. The Morgan fingerprint density at radius 1 is 1.41 bits per heavy atom. The maximum absolute atomic E-state index is 11.0. The zero-order valence-electron chi connectivity index (χ0n) is 13.1. The summed E-state index contributed by atoms with van der Waals surface area (Å²) in [5.41, 5.74) is 4.19. The number of carbonyl (C=O) groups excluding carboxylic acids is 1. The molecule has 1 aromatic carbocycles. The van der Waals surface area contributed by atoms with Crippen molar-refractivity contribution in [3.8, 4) is 0 Å². The van der Waals surface area contributed by atoms with Crippen LogP contribution in [0.15, 0.2) is 18.2 Å². The van der Waals surface area contributed by atoms with Crippen molar-refractivity contribution in [2.24, 2.45) is 0 Å². The van der Waals surface area contributed by atoms with E-state index in [2.05, 4.69) is 28.4 Å². The van der Waals surface area contributed by atoms with Gasteiger partial charge in [0.25, 0.3) is 0 Å². The van der Waals surface area contributed by atoms with E-state index in [0.29, 0.717) is 6.54 Å². The molecular formula is C17H24N2O3. The van der Waals surface area contributed by atoms with Crippen molar-refractivity contribution in [1.82, 2.24) is 10.2 Å². The van der Waals surface area contributed by atoms with Crippen molar-refractivity contribution in [2.75, 3.05) is 32.8 Å². The molecule has 5 nitrogen and oxygen atoms in total. The highest BCUT2D eigenvalue weighted by atomic mass is 16.5. The van der Waals surface area contributed by atoms with Crippen LogP contribution >= 0.6 is 0 Å². The van der Waals surface area contributed by atoms with Crippen LogP contribution in [0, 0.1) is 0 Å². The number of benzene rings is 1. The standard InChI is InChI=1S/C17H24N2O3/c1-13(20)18-9-16-11-19(6-8-22-16)10-14-3-2-4-15-12-21-7-5-17(14)15/h2-4,16H,5-12H2,1H3,(H,18,20). The maximum atomic E-state index is 11.0. The van der Waals surface area contributed by atoms with Crippen LogP contribution in [0.3, 0.4) is 0 Å². The van der Waals surface area contributed by atoms with E-state index in [4.69, 9.17) is 9.47 Å². The Kier molecular flexibility index (Phi) is 5.08. The molecule has 22 heavy (non-hydrogen) atoms. The predicted molar refractivity (Wildman–Crippen MR) is 83.5 cm³/mol. The van der Waals surface area contributed by atoms with E-state index < -0.39 is 0 Å². The molecule has 1 atom stereocenters. The van der Waals surface area contributed by atoms with Gasteiger partial charge in [0.2, 0.25) is 5.91 Å². The van der Waals surface area contributed by atoms with E-state index in [9.17, 15) is 4.79 Å². The van der Waals surface area contributed by atoms with Crippen molar-refractivity contribution in [3.05, 3.63) is 34.9 Å². The minimum absolute atomic E-state index is 0.00199. The molecule has 1 unspecified atom stereocenters. The zero-order chi connectivity index (χ0) is 15.4. The zero-order valence-corrected chi connectivity index (χ0v) is 13.1. The normalized spacial score (nSPS) is 22.1. The van der Waals surface area contributed by atoms with E-state index in [1.54, 1.807) is 6.92 Å². The van der Waals surface area contributed by atoms with Crippen LogP contribution in [-0.2, 0) is 33.8 Å². The minimum atomic E-state index is -0.00199. The number of hydrogen-bond acceptors (Lipinski definition) is 4. The molecule has 2 aliphatic rings. The molecule has 0 saturated carbocycles. The third kappa shape index (κ3) is 3.85. The Morgan fingerprint density at radius 3 is 3.18 bits per heavy atom. The summed E-state index contributed by atoms with van der Waals surface area (Å²) in [6, 6.07) is 6.51. The molecule has 1 aromatic rings. The molecule has 0 radical (unpaired) electrons. The fourth-order valence-corrected chi connectivity index (χ4v) is 3.19. The van der Waals surface area contributed by atoms with Crippen LogP contribution < -0.4 is 5.32 Å². The van der Waals surface area contributed by atoms with Crippen LogP contribution in [0.1, 0.15) is 23.6 Å². The molecule has 0 aliphatic carbocycles. The summed E-state index contributed by atoms with van der Waals surface area (Å²) in [7, 11) is 0. The highest BCUT2D eigenvalue weighted by molar-refractivity contribution is 5.72. The molecule has 1 fully saturated rings. The molecule has 5 heteroatoms. The number of fused-ring (bicyclic) bond motifs is 1. The largest absolute Gasteiger partial charge is 0.376 e. The molecule has 1 saturated heterocycles. The topological polar surface area (TPSA) is 50.8 Å². The van der Waals surface area contributed by atoms with Crippen LogP contribution in [0.25, 0.3) is 0 Å². The Hall–Kier alpha value is -1.43. The average Bonchev–Trinajstić information content (AvgIpc) is 2.54. The quantitative estimate of drug-likeness (QED) is 0.905. The third-order valence-corrected chi connectivity index (χ3v) is 4.32. The fourth-order valence-electron chi connectivity index (χ4n) is 3.19. The van der Waals surface area contributed by atoms with Crippen molar-refractivity contribution in [1.29, 1.82) is 0 Å². The van der Waals surface area contributed by atoms with Gasteiger partial charge in [-0.15, -0.1) is 0 Å². The summed E-state index contributed by atoms with van der Waals surface area (Å²) in [6.45, 7) is 7.16. The fraction of sp³-hybridized carbons (Fsp3) is 0.588. The molecule has 120 valence electrons. The lowest BCUT2D eigenvalue weighted by atomic mass is 9.96. The molecule has 3 rings (SSSR count). The van der Waals surface area contributed by atoms with Crippen molar-refractivity contribution >= 4 is 5.91 Å². The number of hydrogen-bond donors (Lipinski definition) is 1. The third-order valence-electron chi connectivity index (χ3n) is 4.32. The Bertz CT molecular complexity index is 533. The van der Waals surface area contributed by atoms with Gasteiger partial charge in [-0.05, 0) is 23.1 Å². The average molecular weight is 304 g/mol. The van der Waals surface area contributed by atoms with Gasteiger partial charge in [0, 0.05) is 33.1 Å². The van der Waals surface area contributed by atoms with E-state index >= 15 is 0 Å². The minimum Gasteiger partial charge on any atom is -0.376 e. The summed E-state index contributed by atoms with van der Waals surface area (Å²) in [5, 5.41) is 2.84. The van der Waals surface area contributed by atoms with Gasteiger partial charge in [-0.25, -0.2) is 0 Å². The number of amides is 1. The number of carbonyl (C=O) groups is 1. The summed E-state index contributed by atoms with van der Waals surface area (Å²) in [5.74, 6) is -0.00199. The number of morpholine rings is 1. The van der Waals surface area contributed by atoms with Crippen molar-refractivity contribution in [2.45, 2.75) is 32.6 Å². The van der Waals surface area contributed by atoms with E-state index in [1.807, 2.05) is 0 Å². The molecule has 1 N–H and O–H groups in total. The number of rotatable bonds is 4. The van der Waals surface area contributed by atoms with Gasteiger partial charge < -0.3 is 14.8 Å². The summed E-state index contributed by atoms with van der Waals surface area (Å²) >= 11 is 0. The van der Waals surface area contributed by atoms with Crippen molar-refractivity contribution < 1.29 is 14.3 Å².